The number of thioether (sulfide) groups is 2. The van der Waals surface area contributed by atoms with Gasteiger partial charge < -0.3 is 0 Å². The van der Waals surface area contributed by atoms with Crippen LogP contribution in [-0.2, 0) is 0 Å². The zero-order valence-corrected chi connectivity index (χ0v) is 13.7. The van der Waals surface area contributed by atoms with Gasteiger partial charge in [0.05, 0.1) is 4.08 Å². The highest BCUT2D eigenvalue weighted by atomic mass is 32.2. The van der Waals surface area contributed by atoms with Crippen LogP contribution in [0.1, 0.15) is 25.7 Å². The Labute approximate surface area is 135 Å². The molecule has 0 spiro atoms. The third-order valence-corrected chi connectivity index (χ3v) is 8.10. The first-order valence-electron chi connectivity index (χ1n) is 7.87. The Balaban J connectivity index is 1.61. The Morgan fingerprint density at radius 2 is 1.10 bits per heavy atom. The van der Waals surface area contributed by atoms with Gasteiger partial charge in [-0.05, 0) is 48.9 Å². The summed E-state index contributed by atoms with van der Waals surface area (Å²) in [5, 5.41) is 0. The summed E-state index contributed by atoms with van der Waals surface area (Å²) in [6.07, 6.45) is 5.69. The van der Waals surface area contributed by atoms with Crippen molar-refractivity contribution in [3.05, 3.63) is 60.7 Å². The van der Waals surface area contributed by atoms with Gasteiger partial charge in [-0.3, -0.25) is 0 Å². The highest BCUT2D eigenvalue weighted by Crippen LogP contribution is 2.73. The van der Waals surface area contributed by atoms with E-state index in [1.165, 1.54) is 35.5 Å². The van der Waals surface area contributed by atoms with Gasteiger partial charge >= 0.3 is 0 Å². The lowest BCUT2D eigenvalue weighted by Gasteiger charge is -2.17. The molecule has 4 rings (SSSR count). The van der Waals surface area contributed by atoms with Gasteiger partial charge in [0.2, 0.25) is 0 Å². The molecule has 2 aliphatic carbocycles. The van der Waals surface area contributed by atoms with Crippen molar-refractivity contribution in [2.24, 2.45) is 11.8 Å². The smallest absolute Gasteiger partial charge is 0.0767 e. The molecule has 0 aliphatic heterocycles. The van der Waals surface area contributed by atoms with E-state index in [4.69, 9.17) is 0 Å². The van der Waals surface area contributed by atoms with Crippen LogP contribution in [-0.4, -0.2) is 4.08 Å². The van der Waals surface area contributed by atoms with Gasteiger partial charge in [0, 0.05) is 9.79 Å². The second-order valence-electron chi connectivity index (χ2n) is 6.05. The minimum absolute atomic E-state index is 0.388. The third kappa shape index (κ3) is 2.64. The van der Waals surface area contributed by atoms with Gasteiger partial charge in [-0.25, -0.2) is 0 Å². The van der Waals surface area contributed by atoms with E-state index in [-0.39, 0.29) is 0 Å². The molecule has 2 atom stereocenters. The molecule has 2 unspecified atom stereocenters. The Bertz CT molecular complexity index is 538. The first kappa shape index (κ1) is 13.8. The Kier molecular flexibility index (Phi) is 3.76. The number of benzene rings is 2. The molecule has 0 amide bonds. The van der Waals surface area contributed by atoms with Gasteiger partial charge in [0.25, 0.3) is 0 Å². The normalized spacial score (nSPS) is 26.1. The molecule has 108 valence electrons. The van der Waals surface area contributed by atoms with E-state index in [2.05, 4.69) is 84.2 Å². The summed E-state index contributed by atoms with van der Waals surface area (Å²) >= 11 is 4.24. The summed E-state index contributed by atoms with van der Waals surface area (Å²) in [5.74, 6) is 1.81. The average molecular weight is 313 g/mol. The minimum atomic E-state index is 0.388. The second kappa shape index (κ2) is 5.73. The Hall–Kier alpha value is -0.860. The first-order chi connectivity index (χ1) is 10.4. The highest BCUT2D eigenvalue weighted by molar-refractivity contribution is 8.18. The van der Waals surface area contributed by atoms with Crippen molar-refractivity contribution in [3.63, 3.8) is 0 Å². The third-order valence-electron chi connectivity index (χ3n) is 4.73. The quantitative estimate of drug-likeness (QED) is 0.627. The van der Waals surface area contributed by atoms with Crippen LogP contribution in [0.25, 0.3) is 0 Å². The SMILES string of the molecule is c1ccc(SC2(Sc3ccccc3)C3CCCCC32)cc1. The maximum absolute atomic E-state index is 2.27. The molecule has 0 saturated heterocycles. The van der Waals surface area contributed by atoms with Crippen LogP contribution < -0.4 is 0 Å². The van der Waals surface area contributed by atoms with Gasteiger partial charge in [-0.2, -0.15) is 0 Å². The number of fused-ring (bicyclic) bond motifs is 1. The Morgan fingerprint density at radius 3 is 1.52 bits per heavy atom. The van der Waals surface area contributed by atoms with Crippen molar-refractivity contribution in [1.29, 1.82) is 0 Å². The fourth-order valence-corrected chi connectivity index (χ4v) is 7.35. The van der Waals surface area contributed by atoms with Crippen LogP contribution >= 0.6 is 23.5 Å². The van der Waals surface area contributed by atoms with E-state index in [1.54, 1.807) is 0 Å². The van der Waals surface area contributed by atoms with Gasteiger partial charge in [0.15, 0.2) is 0 Å². The van der Waals surface area contributed by atoms with Crippen molar-refractivity contribution < 1.29 is 0 Å². The fourth-order valence-electron chi connectivity index (χ4n) is 3.68. The predicted molar refractivity (Wildman–Crippen MR) is 92.8 cm³/mol. The summed E-state index contributed by atoms with van der Waals surface area (Å²) < 4.78 is 0.388. The number of hydrogen-bond acceptors (Lipinski definition) is 2. The predicted octanol–water partition coefficient (Wildman–Crippen LogP) is 6.09. The lowest BCUT2D eigenvalue weighted by atomic mass is 10.0. The molecule has 2 aromatic carbocycles. The molecular formula is C19H20S2. The maximum atomic E-state index is 2.27. The molecule has 0 aromatic heterocycles. The zero-order chi connectivity index (χ0) is 14.1. The van der Waals surface area contributed by atoms with Gasteiger partial charge in [-0.15, -0.1) is 23.5 Å². The molecule has 2 aromatic rings. The van der Waals surface area contributed by atoms with Crippen molar-refractivity contribution in [3.8, 4) is 0 Å². The van der Waals surface area contributed by atoms with Crippen LogP contribution in [0.3, 0.4) is 0 Å². The number of hydrogen-bond donors (Lipinski definition) is 0. The monoisotopic (exact) mass is 312 g/mol. The highest BCUT2D eigenvalue weighted by Gasteiger charge is 2.65. The van der Waals surface area contributed by atoms with Crippen LogP contribution in [0.4, 0.5) is 0 Å². The molecule has 2 saturated carbocycles. The number of rotatable bonds is 4. The molecule has 2 heteroatoms. The molecule has 0 bridgehead atoms. The lowest BCUT2D eigenvalue weighted by Crippen LogP contribution is -2.02. The molecule has 2 aliphatic rings. The average Bonchev–Trinajstić information content (AvgIpc) is 3.16. The molecule has 0 nitrogen and oxygen atoms in total. The molecule has 2 fully saturated rings. The Morgan fingerprint density at radius 1 is 0.667 bits per heavy atom. The summed E-state index contributed by atoms with van der Waals surface area (Å²) in [6, 6.07) is 21.9. The topological polar surface area (TPSA) is 0 Å². The molecule has 0 radical (unpaired) electrons. The van der Waals surface area contributed by atoms with E-state index in [9.17, 15) is 0 Å². The van der Waals surface area contributed by atoms with E-state index in [1.807, 2.05) is 0 Å². The largest absolute Gasteiger partial charge is 0.107 e. The summed E-state index contributed by atoms with van der Waals surface area (Å²) in [5.41, 5.74) is 0. The van der Waals surface area contributed by atoms with Gasteiger partial charge in [-0.1, -0.05) is 49.2 Å². The molecule has 0 N–H and O–H groups in total. The van der Waals surface area contributed by atoms with E-state index >= 15 is 0 Å². The van der Waals surface area contributed by atoms with E-state index < -0.39 is 0 Å². The van der Waals surface area contributed by atoms with Crippen LogP contribution in [0, 0.1) is 11.8 Å². The van der Waals surface area contributed by atoms with Crippen molar-refractivity contribution in [1.82, 2.24) is 0 Å². The van der Waals surface area contributed by atoms with E-state index in [0.29, 0.717) is 4.08 Å². The van der Waals surface area contributed by atoms with E-state index in [0.717, 1.165) is 11.8 Å². The summed E-state index contributed by atoms with van der Waals surface area (Å²) in [4.78, 5) is 2.85. The van der Waals surface area contributed by atoms with Gasteiger partial charge in [0.1, 0.15) is 0 Å². The van der Waals surface area contributed by atoms with Crippen molar-refractivity contribution >= 4 is 23.5 Å². The van der Waals surface area contributed by atoms with Crippen LogP contribution in [0.15, 0.2) is 70.5 Å². The molecular weight excluding hydrogens is 292 g/mol. The zero-order valence-electron chi connectivity index (χ0n) is 12.1. The van der Waals surface area contributed by atoms with Crippen molar-refractivity contribution in [2.45, 2.75) is 39.6 Å². The van der Waals surface area contributed by atoms with Crippen LogP contribution in [0.5, 0.6) is 0 Å². The summed E-state index contributed by atoms with van der Waals surface area (Å²) in [7, 11) is 0. The minimum Gasteiger partial charge on any atom is -0.107 e. The lowest BCUT2D eigenvalue weighted by molar-refractivity contribution is 0.480. The summed E-state index contributed by atoms with van der Waals surface area (Å²) in [6.45, 7) is 0. The second-order valence-corrected chi connectivity index (χ2v) is 9.01. The maximum Gasteiger partial charge on any atom is 0.0767 e. The van der Waals surface area contributed by atoms with Crippen molar-refractivity contribution in [2.75, 3.05) is 0 Å². The molecule has 0 heterocycles. The standard InChI is InChI=1S/C19H20S2/c1-3-9-15(10-4-1)20-19(17-13-7-8-14-18(17)19)21-16-11-5-2-6-12-16/h1-6,9-12,17-18H,7-8,13-14H2. The molecule has 21 heavy (non-hydrogen) atoms. The first-order valence-corrected chi connectivity index (χ1v) is 9.50. The fraction of sp³-hybridized carbons (Fsp3) is 0.368. The van der Waals surface area contributed by atoms with Crippen LogP contribution in [0.2, 0.25) is 0 Å².